The molecule has 0 saturated carbocycles. The fraction of sp³-hybridized carbons (Fsp3) is 0.261. The summed E-state index contributed by atoms with van der Waals surface area (Å²) in [5.41, 5.74) is 2.06. The summed E-state index contributed by atoms with van der Waals surface area (Å²) in [5, 5.41) is 5.03. The molecule has 0 aliphatic carbocycles. The zero-order valence-corrected chi connectivity index (χ0v) is 16.8. The number of amides is 1. The number of carbonyl (C=O) groups excluding carboxylic acids is 1. The van der Waals surface area contributed by atoms with Crippen LogP contribution in [0.15, 0.2) is 72.8 Å². The summed E-state index contributed by atoms with van der Waals surface area (Å²) in [6.07, 6.45) is 1.20. The molecule has 1 unspecified atom stereocenters. The van der Waals surface area contributed by atoms with Gasteiger partial charge in [-0.3, -0.25) is 4.79 Å². The number of rotatable bonds is 8. The molecule has 0 radical (unpaired) electrons. The van der Waals surface area contributed by atoms with E-state index in [1.807, 2.05) is 79.7 Å². The van der Waals surface area contributed by atoms with Crippen molar-refractivity contribution in [2.24, 2.45) is 0 Å². The number of benzene rings is 3. The highest BCUT2D eigenvalue weighted by atomic mass is 32.2. The highest BCUT2D eigenvalue weighted by Gasteiger charge is 2.18. The zero-order valence-electron chi connectivity index (χ0n) is 16.0. The highest BCUT2D eigenvalue weighted by molar-refractivity contribution is 7.92. The van der Waals surface area contributed by atoms with Crippen molar-refractivity contribution in [2.45, 2.75) is 25.8 Å². The average Bonchev–Trinajstić information content (AvgIpc) is 2.67. The molecular formula is C23H25NO3S. The standard InChI is InChI=1S/C23H25NO3S/c1-18(21-14-13-20-11-5-6-12-22(20)16-21)24-23(25)17-28(26,27)15-7-10-19-8-3-2-4-9-19/h2-6,8-9,11-14,16,18H,7,10,15,17H2,1H3,(H,24,25). The Morgan fingerprint density at radius 3 is 2.36 bits per heavy atom. The Bertz CT molecular complexity index is 1050. The first kappa shape index (κ1) is 20.1. The Balaban J connectivity index is 1.52. The summed E-state index contributed by atoms with van der Waals surface area (Å²) < 4.78 is 24.5. The number of fused-ring (bicyclic) bond motifs is 1. The van der Waals surface area contributed by atoms with Crippen LogP contribution in [-0.4, -0.2) is 25.8 Å². The predicted molar refractivity (Wildman–Crippen MR) is 114 cm³/mol. The van der Waals surface area contributed by atoms with Gasteiger partial charge in [0.2, 0.25) is 5.91 Å². The molecule has 0 fully saturated rings. The van der Waals surface area contributed by atoms with Crippen LogP contribution in [0.1, 0.15) is 30.5 Å². The summed E-state index contributed by atoms with van der Waals surface area (Å²) in [6.45, 7) is 1.87. The fourth-order valence-electron chi connectivity index (χ4n) is 3.26. The van der Waals surface area contributed by atoms with Crippen LogP contribution in [0.2, 0.25) is 0 Å². The van der Waals surface area contributed by atoms with E-state index in [1.165, 1.54) is 0 Å². The molecule has 0 spiro atoms. The third kappa shape index (κ3) is 5.67. The van der Waals surface area contributed by atoms with Gasteiger partial charge >= 0.3 is 0 Å². The molecule has 3 rings (SSSR count). The molecule has 0 heterocycles. The molecule has 0 aromatic heterocycles. The van der Waals surface area contributed by atoms with E-state index in [0.717, 1.165) is 21.9 Å². The number of aryl methyl sites for hydroxylation is 1. The van der Waals surface area contributed by atoms with Crippen LogP contribution in [0.3, 0.4) is 0 Å². The molecule has 146 valence electrons. The molecule has 1 atom stereocenters. The Kier molecular flexibility index (Phi) is 6.47. The normalized spacial score (nSPS) is 12.6. The van der Waals surface area contributed by atoms with Crippen molar-refractivity contribution in [1.82, 2.24) is 5.32 Å². The second-order valence-electron chi connectivity index (χ2n) is 7.08. The van der Waals surface area contributed by atoms with Crippen LogP contribution in [0.25, 0.3) is 10.8 Å². The van der Waals surface area contributed by atoms with Crippen molar-refractivity contribution >= 4 is 26.5 Å². The van der Waals surface area contributed by atoms with Crippen molar-refractivity contribution < 1.29 is 13.2 Å². The number of hydrogen-bond acceptors (Lipinski definition) is 3. The molecule has 0 aliphatic rings. The van der Waals surface area contributed by atoms with Gasteiger partial charge in [0.25, 0.3) is 0 Å². The van der Waals surface area contributed by atoms with Crippen molar-refractivity contribution in [3.8, 4) is 0 Å². The van der Waals surface area contributed by atoms with Gasteiger partial charge in [0.15, 0.2) is 9.84 Å². The van der Waals surface area contributed by atoms with Gasteiger partial charge in [-0.05, 0) is 47.7 Å². The number of nitrogens with one attached hydrogen (secondary N) is 1. The topological polar surface area (TPSA) is 63.2 Å². The van der Waals surface area contributed by atoms with Crippen molar-refractivity contribution in [2.75, 3.05) is 11.5 Å². The van der Waals surface area contributed by atoms with Crippen molar-refractivity contribution in [3.63, 3.8) is 0 Å². The molecule has 1 N–H and O–H groups in total. The SMILES string of the molecule is CC(NC(=O)CS(=O)(=O)CCCc1ccccc1)c1ccc2ccccc2c1. The minimum Gasteiger partial charge on any atom is -0.349 e. The minimum atomic E-state index is -3.43. The van der Waals surface area contributed by atoms with Gasteiger partial charge in [-0.2, -0.15) is 0 Å². The molecule has 28 heavy (non-hydrogen) atoms. The Labute approximate surface area is 166 Å². The van der Waals surface area contributed by atoms with Gasteiger partial charge in [-0.1, -0.05) is 66.7 Å². The Hall–Kier alpha value is -2.66. The molecule has 1 amide bonds. The first-order valence-electron chi connectivity index (χ1n) is 9.45. The van der Waals surface area contributed by atoms with E-state index in [4.69, 9.17) is 0 Å². The van der Waals surface area contributed by atoms with Crippen LogP contribution in [0.5, 0.6) is 0 Å². The maximum absolute atomic E-state index is 12.3. The summed E-state index contributed by atoms with van der Waals surface area (Å²) in [4.78, 5) is 12.2. The lowest BCUT2D eigenvalue weighted by molar-refractivity contribution is -0.119. The van der Waals surface area contributed by atoms with Gasteiger partial charge in [0, 0.05) is 0 Å². The highest BCUT2D eigenvalue weighted by Crippen LogP contribution is 2.20. The van der Waals surface area contributed by atoms with Crippen LogP contribution in [0.4, 0.5) is 0 Å². The maximum atomic E-state index is 12.3. The van der Waals surface area contributed by atoms with Gasteiger partial charge in [0.05, 0.1) is 11.8 Å². The lowest BCUT2D eigenvalue weighted by atomic mass is 10.0. The van der Waals surface area contributed by atoms with E-state index < -0.39 is 21.5 Å². The third-order valence-electron chi connectivity index (χ3n) is 4.77. The Morgan fingerprint density at radius 1 is 0.929 bits per heavy atom. The predicted octanol–water partition coefficient (Wildman–Crippen LogP) is 4.06. The minimum absolute atomic E-state index is 0.0136. The van der Waals surface area contributed by atoms with Gasteiger partial charge in [-0.15, -0.1) is 0 Å². The van der Waals surface area contributed by atoms with Crippen molar-refractivity contribution in [1.29, 1.82) is 0 Å². The second kappa shape index (κ2) is 9.02. The summed E-state index contributed by atoms with van der Waals surface area (Å²) in [5.74, 6) is -0.917. The Morgan fingerprint density at radius 2 is 1.61 bits per heavy atom. The van der Waals surface area contributed by atoms with Crippen LogP contribution in [-0.2, 0) is 21.1 Å². The van der Waals surface area contributed by atoms with E-state index in [1.54, 1.807) is 0 Å². The second-order valence-corrected chi connectivity index (χ2v) is 9.26. The molecule has 5 heteroatoms. The van der Waals surface area contributed by atoms with E-state index in [0.29, 0.717) is 12.8 Å². The molecule has 0 aliphatic heterocycles. The van der Waals surface area contributed by atoms with E-state index in [9.17, 15) is 13.2 Å². The quantitative estimate of drug-likeness (QED) is 0.625. The van der Waals surface area contributed by atoms with E-state index >= 15 is 0 Å². The number of hydrogen-bond donors (Lipinski definition) is 1. The zero-order chi connectivity index (χ0) is 20.0. The van der Waals surface area contributed by atoms with Gasteiger partial charge < -0.3 is 5.32 Å². The van der Waals surface area contributed by atoms with Crippen LogP contribution < -0.4 is 5.32 Å². The molecule has 0 bridgehead atoms. The van der Waals surface area contributed by atoms with E-state index in [2.05, 4.69) is 5.32 Å². The molecule has 4 nitrogen and oxygen atoms in total. The van der Waals surface area contributed by atoms with Gasteiger partial charge in [-0.25, -0.2) is 8.42 Å². The molecule has 3 aromatic carbocycles. The number of sulfone groups is 1. The number of carbonyl (C=O) groups is 1. The average molecular weight is 396 g/mol. The first-order valence-corrected chi connectivity index (χ1v) is 11.3. The smallest absolute Gasteiger partial charge is 0.235 e. The summed E-state index contributed by atoms with van der Waals surface area (Å²) in [7, 11) is -3.43. The van der Waals surface area contributed by atoms with Crippen LogP contribution >= 0.6 is 0 Å². The van der Waals surface area contributed by atoms with E-state index in [-0.39, 0.29) is 11.8 Å². The lowest BCUT2D eigenvalue weighted by Crippen LogP contribution is -2.33. The third-order valence-corrected chi connectivity index (χ3v) is 6.38. The first-order chi connectivity index (χ1) is 13.4. The summed E-state index contributed by atoms with van der Waals surface area (Å²) in [6, 6.07) is 23.5. The fourth-order valence-corrected chi connectivity index (χ4v) is 4.47. The van der Waals surface area contributed by atoms with Crippen LogP contribution in [0, 0.1) is 0 Å². The molecular weight excluding hydrogens is 370 g/mol. The van der Waals surface area contributed by atoms with Crippen molar-refractivity contribution in [3.05, 3.63) is 83.9 Å². The lowest BCUT2D eigenvalue weighted by Gasteiger charge is -2.15. The summed E-state index contributed by atoms with van der Waals surface area (Å²) >= 11 is 0. The molecule has 0 saturated heterocycles. The largest absolute Gasteiger partial charge is 0.349 e. The molecule has 3 aromatic rings. The maximum Gasteiger partial charge on any atom is 0.235 e. The monoisotopic (exact) mass is 395 g/mol. The van der Waals surface area contributed by atoms with Gasteiger partial charge in [0.1, 0.15) is 5.75 Å².